The summed E-state index contributed by atoms with van der Waals surface area (Å²) in [7, 11) is -1.49. The summed E-state index contributed by atoms with van der Waals surface area (Å²) in [5, 5.41) is 0. The topological polar surface area (TPSA) is 0 Å². The molecule has 0 aromatic heterocycles. The fourth-order valence-corrected chi connectivity index (χ4v) is 6.58. The maximum atomic E-state index is 3.94. The minimum absolute atomic E-state index is 1.11. The molecular weight excluding hydrogens is 247 g/mol. The van der Waals surface area contributed by atoms with Crippen LogP contribution >= 0.6 is 7.26 Å². The molecule has 0 bridgehead atoms. The SMILES string of the molecule is C=CC[PH](CC=C)(CC=C)Cc1ccccc1C=C. The number of allylic oxidation sites excluding steroid dienone is 3. The van der Waals surface area contributed by atoms with Gasteiger partial charge in [-0.3, -0.25) is 0 Å². The van der Waals surface area contributed by atoms with Gasteiger partial charge in [-0.1, -0.05) is 0 Å². The van der Waals surface area contributed by atoms with E-state index >= 15 is 0 Å². The van der Waals surface area contributed by atoms with E-state index in [1.807, 2.05) is 6.08 Å². The second kappa shape index (κ2) is 7.92. The van der Waals surface area contributed by atoms with Gasteiger partial charge in [0.2, 0.25) is 0 Å². The molecule has 0 aliphatic carbocycles. The Morgan fingerprint density at radius 2 is 1.37 bits per heavy atom. The van der Waals surface area contributed by atoms with Gasteiger partial charge in [0.25, 0.3) is 0 Å². The van der Waals surface area contributed by atoms with Crippen LogP contribution < -0.4 is 0 Å². The average Bonchev–Trinajstić information content (AvgIpc) is 2.40. The van der Waals surface area contributed by atoms with Crippen molar-refractivity contribution in [2.75, 3.05) is 18.5 Å². The second-order valence-corrected chi connectivity index (χ2v) is 9.64. The van der Waals surface area contributed by atoms with E-state index in [2.05, 4.69) is 68.8 Å². The van der Waals surface area contributed by atoms with Gasteiger partial charge in [-0.2, -0.15) is 0 Å². The van der Waals surface area contributed by atoms with Gasteiger partial charge in [-0.05, 0) is 0 Å². The van der Waals surface area contributed by atoms with Crippen molar-refractivity contribution >= 4 is 13.3 Å². The van der Waals surface area contributed by atoms with Crippen LogP contribution in [-0.4, -0.2) is 18.5 Å². The predicted octanol–water partition coefficient (Wildman–Crippen LogP) is 5.14. The molecule has 0 saturated heterocycles. The average molecular weight is 272 g/mol. The van der Waals surface area contributed by atoms with Crippen molar-refractivity contribution in [3.8, 4) is 0 Å². The van der Waals surface area contributed by atoms with Gasteiger partial charge in [-0.25, -0.2) is 0 Å². The molecule has 0 saturated carbocycles. The van der Waals surface area contributed by atoms with Crippen molar-refractivity contribution < 1.29 is 0 Å². The number of rotatable bonds is 9. The van der Waals surface area contributed by atoms with Crippen LogP contribution in [0.3, 0.4) is 0 Å². The number of benzene rings is 1. The van der Waals surface area contributed by atoms with Gasteiger partial charge in [0.15, 0.2) is 0 Å². The molecule has 1 aromatic carbocycles. The summed E-state index contributed by atoms with van der Waals surface area (Å²) in [4.78, 5) is 0. The first kappa shape index (κ1) is 15.7. The molecule has 0 heterocycles. The van der Waals surface area contributed by atoms with E-state index in [4.69, 9.17) is 0 Å². The minimum atomic E-state index is -1.49. The van der Waals surface area contributed by atoms with Crippen molar-refractivity contribution in [2.45, 2.75) is 6.16 Å². The zero-order chi connectivity index (χ0) is 14.1. The standard InChI is InChI=1S/C18H25P/c1-5-13-19(14-6-2,15-7-3)16-18-12-10-9-11-17(18)8-4/h5-12,19H,1-4,13-16H2. The third-order valence-electron chi connectivity index (χ3n) is 3.57. The molecule has 102 valence electrons. The van der Waals surface area contributed by atoms with Gasteiger partial charge in [0.1, 0.15) is 0 Å². The van der Waals surface area contributed by atoms with Crippen molar-refractivity contribution in [1.29, 1.82) is 0 Å². The van der Waals surface area contributed by atoms with E-state index in [0.717, 1.165) is 24.6 Å². The summed E-state index contributed by atoms with van der Waals surface area (Å²) in [6, 6.07) is 8.53. The first-order chi connectivity index (χ1) is 9.21. The molecule has 0 amide bonds. The predicted molar refractivity (Wildman–Crippen MR) is 93.7 cm³/mol. The second-order valence-electron chi connectivity index (χ2n) is 5.06. The van der Waals surface area contributed by atoms with E-state index in [9.17, 15) is 0 Å². The molecule has 0 unspecified atom stereocenters. The van der Waals surface area contributed by atoms with Crippen LogP contribution in [0.5, 0.6) is 0 Å². The maximum absolute atomic E-state index is 3.94. The fraction of sp³-hybridized carbons (Fsp3) is 0.222. The van der Waals surface area contributed by atoms with Crippen LogP contribution in [0, 0.1) is 0 Å². The molecule has 0 spiro atoms. The zero-order valence-corrected chi connectivity index (χ0v) is 12.8. The Bertz CT molecular complexity index is 430. The third-order valence-corrected chi connectivity index (χ3v) is 8.17. The monoisotopic (exact) mass is 272 g/mol. The van der Waals surface area contributed by atoms with Crippen molar-refractivity contribution in [3.63, 3.8) is 0 Å². The van der Waals surface area contributed by atoms with Gasteiger partial charge in [0, 0.05) is 0 Å². The molecule has 0 aliphatic heterocycles. The van der Waals surface area contributed by atoms with E-state index in [0.29, 0.717) is 0 Å². The Labute approximate surface area is 118 Å². The first-order valence-corrected chi connectivity index (χ1v) is 9.57. The summed E-state index contributed by atoms with van der Waals surface area (Å²) in [5.74, 6) is 0. The van der Waals surface area contributed by atoms with Gasteiger partial charge >= 0.3 is 118 Å². The fourth-order valence-electron chi connectivity index (χ4n) is 2.68. The zero-order valence-electron chi connectivity index (χ0n) is 11.8. The molecule has 1 heteroatoms. The Morgan fingerprint density at radius 3 is 1.84 bits per heavy atom. The molecule has 1 rings (SSSR count). The van der Waals surface area contributed by atoms with Crippen LogP contribution in [0.2, 0.25) is 0 Å². The summed E-state index contributed by atoms with van der Waals surface area (Å²) < 4.78 is 0. The molecule has 0 nitrogen and oxygen atoms in total. The van der Waals surface area contributed by atoms with Crippen molar-refractivity contribution in [3.05, 3.63) is 79.9 Å². The summed E-state index contributed by atoms with van der Waals surface area (Å²) in [6.07, 6.45) is 12.6. The van der Waals surface area contributed by atoms with Crippen LogP contribution in [0.15, 0.2) is 68.8 Å². The Morgan fingerprint density at radius 1 is 0.842 bits per heavy atom. The Kier molecular flexibility index (Phi) is 6.53. The first-order valence-electron chi connectivity index (χ1n) is 6.74. The normalized spacial score (nSPS) is 11.6. The van der Waals surface area contributed by atoms with Crippen LogP contribution in [0.25, 0.3) is 6.08 Å². The van der Waals surface area contributed by atoms with E-state index < -0.39 is 7.26 Å². The summed E-state index contributed by atoms with van der Waals surface area (Å²) >= 11 is 0. The Hall–Kier alpha value is -1.39. The molecule has 1 aromatic rings. The Balaban J connectivity index is 3.10. The number of hydrogen-bond donors (Lipinski definition) is 0. The summed E-state index contributed by atoms with van der Waals surface area (Å²) in [6.45, 7) is 15.7. The van der Waals surface area contributed by atoms with Gasteiger partial charge in [0.05, 0.1) is 0 Å². The quantitative estimate of drug-likeness (QED) is 0.431. The number of hydrogen-bond acceptors (Lipinski definition) is 0. The molecule has 0 N–H and O–H groups in total. The van der Waals surface area contributed by atoms with E-state index in [-0.39, 0.29) is 0 Å². The summed E-state index contributed by atoms with van der Waals surface area (Å²) in [5.41, 5.74) is 2.64. The molecule has 0 aliphatic rings. The van der Waals surface area contributed by atoms with Crippen LogP contribution in [-0.2, 0) is 6.16 Å². The van der Waals surface area contributed by atoms with Gasteiger partial charge in [-0.15, -0.1) is 0 Å². The molecule has 0 atom stereocenters. The molecular formula is C18H25P. The van der Waals surface area contributed by atoms with Crippen LogP contribution in [0.1, 0.15) is 11.1 Å². The van der Waals surface area contributed by atoms with E-state index in [1.54, 1.807) is 0 Å². The molecule has 0 radical (unpaired) electrons. The van der Waals surface area contributed by atoms with Gasteiger partial charge < -0.3 is 0 Å². The van der Waals surface area contributed by atoms with Crippen LogP contribution in [0.4, 0.5) is 0 Å². The third kappa shape index (κ3) is 4.33. The van der Waals surface area contributed by atoms with Crippen molar-refractivity contribution in [1.82, 2.24) is 0 Å². The molecule has 0 fully saturated rings. The van der Waals surface area contributed by atoms with E-state index in [1.165, 1.54) is 11.1 Å². The molecule has 19 heavy (non-hydrogen) atoms. The van der Waals surface area contributed by atoms with Crippen molar-refractivity contribution in [2.24, 2.45) is 0 Å².